The van der Waals surface area contributed by atoms with Crippen LogP contribution in [0.3, 0.4) is 0 Å². The van der Waals surface area contributed by atoms with Gasteiger partial charge in [-0.25, -0.2) is 13.4 Å². The van der Waals surface area contributed by atoms with Crippen LogP contribution in [0.1, 0.15) is 15.9 Å². The maximum atomic E-state index is 13.4. The van der Waals surface area contributed by atoms with Crippen LogP contribution in [0.4, 0.5) is 5.13 Å². The Hall–Kier alpha value is -2.55. The minimum Gasteiger partial charge on any atom is -0.279 e. The maximum absolute atomic E-state index is 13.4. The van der Waals surface area contributed by atoms with Gasteiger partial charge in [-0.3, -0.25) is 9.69 Å². The summed E-state index contributed by atoms with van der Waals surface area (Å²) in [6, 6.07) is 21.5. The lowest BCUT2D eigenvalue weighted by atomic mass is 10.1. The normalized spacial score (nSPS) is 11.5. The zero-order chi connectivity index (χ0) is 21.3. The molecular formula is C22H17BrN2O3S2. The van der Waals surface area contributed by atoms with Gasteiger partial charge in [0.15, 0.2) is 15.0 Å². The molecule has 0 spiro atoms. The number of rotatable bonds is 5. The van der Waals surface area contributed by atoms with Crippen molar-refractivity contribution in [2.45, 2.75) is 11.4 Å². The molecule has 0 unspecified atom stereocenters. The summed E-state index contributed by atoms with van der Waals surface area (Å²) in [7, 11) is -3.33. The van der Waals surface area contributed by atoms with E-state index in [1.807, 2.05) is 48.5 Å². The Labute approximate surface area is 187 Å². The van der Waals surface area contributed by atoms with E-state index < -0.39 is 9.84 Å². The lowest BCUT2D eigenvalue weighted by Gasteiger charge is -2.20. The molecular weight excluding hydrogens is 484 g/mol. The van der Waals surface area contributed by atoms with E-state index in [1.165, 1.54) is 23.5 Å². The average Bonchev–Trinajstić information content (AvgIpc) is 3.14. The number of thiazole rings is 1. The van der Waals surface area contributed by atoms with Crippen molar-refractivity contribution in [2.24, 2.45) is 0 Å². The van der Waals surface area contributed by atoms with Crippen LogP contribution < -0.4 is 4.90 Å². The third-order valence-electron chi connectivity index (χ3n) is 4.53. The van der Waals surface area contributed by atoms with Crippen molar-refractivity contribution >= 4 is 58.4 Å². The molecule has 4 aromatic rings. The van der Waals surface area contributed by atoms with Gasteiger partial charge in [0.05, 0.1) is 21.7 Å². The molecule has 0 aliphatic carbocycles. The second-order valence-electron chi connectivity index (χ2n) is 6.78. The van der Waals surface area contributed by atoms with Gasteiger partial charge in [-0.05, 0) is 48.0 Å². The van der Waals surface area contributed by atoms with Gasteiger partial charge in [0.2, 0.25) is 0 Å². The number of sulfone groups is 1. The van der Waals surface area contributed by atoms with Gasteiger partial charge in [-0.15, -0.1) is 0 Å². The molecule has 0 bridgehead atoms. The number of benzene rings is 3. The van der Waals surface area contributed by atoms with Crippen molar-refractivity contribution in [1.29, 1.82) is 0 Å². The number of anilines is 1. The Morgan fingerprint density at radius 3 is 2.40 bits per heavy atom. The molecule has 0 aliphatic heterocycles. The molecule has 0 fully saturated rings. The fourth-order valence-electron chi connectivity index (χ4n) is 2.99. The Balaban J connectivity index is 1.75. The molecule has 8 heteroatoms. The van der Waals surface area contributed by atoms with Crippen LogP contribution in [0.25, 0.3) is 10.2 Å². The molecule has 152 valence electrons. The highest BCUT2D eigenvalue weighted by atomic mass is 79.9. The first-order valence-electron chi connectivity index (χ1n) is 9.03. The largest absolute Gasteiger partial charge is 0.279 e. The third kappa shape index (κ3) is 4.45. The highest BCUT2D eigenvalue weighted by Crippen LogP contribution is 2.32. The molecule has 0 N–H and O–H groups in total. The zero-order valence-corrected chi connectivity index (χ0v) is 19.2. The number of carbonyl (C=O) groups is 1. The van der Waals surface area contributed by atoms with E-state index in [-0.39, 0.29) is 10.8 Å². The molecule has 3 aromatic carbocycles. The molecule has 4 rings (SSSR count). The SMILES string of the molecule is CS(=O)(=O)c1ccc(C(=O)N(Cc2ccccc2)c2nc3ccc(Br)cc3s2)cc1. The smallest absolute Gasteiger partial charge is 0.260 e. The van der Waals surface area contributed by atoms with E-state index in [9.17, 15) is 13.2 Å². The van der Waals surface area contributed by atoms with E-state index in [4.69, 9.17) is 0 Å². The second kappa shape index (κ2) is 8.29. The van der Waals surface area contributed by atoms with Gasteiger partial charge in [-0.2, -0.15) is 0 Å². The monoisotopic (exact) mass is 500 g/mol. The van der Waals surface area contributed by atoms with Gasteiger partial charge < -0.3 is 0 Å². The summed E-state index contributed by atoms with van der Waals surface area (Å²) in [5.41, 5.74) is 2.19. The van der Waals surface area contributed by atoms with Crippen molar-refractivity contribution in [3.8, 4) is 0 Å². The van der Waals surface area contributed by atoms with E-state index in [0.717, 1.165) is 26.5 Å². The highest BCUT2D eigenvalue weighted by molar-refractivity contribution is 9.10. The lowest BCUT2D eigenvalue weighted by Crippen LogP contribution is -2.30. The summed E-state index contributed by atoms with van der Waals surface area (Å²) >= 11 is 4.91. The number of aromatic nitrogens is 1. The predicted octanol–water partition coefficient (Wildman–Crippen LogP) is 5.31. The van der Waals surface area contributed by atoms with Gasteiger partial charge >= 0.3 is 0 Å². The van der Waals surface area contributed by atoms with Crippen molar-refractivity contribution in [3.05, 3.63) is 88.4 Å². The molecule has 0 radical (unpaired) electrons. The Morgan fingerprint density at radius 2 is 1.73 bits per heavy atom. The number of nitrogens with zero attached hydrogens (tertiary/aromatic N) is 2. The van der Waals surface area contributed by atoms with E-state index in [2.05, 4.69) is 20.9 Å². The Kier molecular flexibility index (Phi) is 5.73. The van der Waals surface area contributed by atoms with Crippen LogP contribution in [-0.2, 0) is 16.4 Å². The van der Waals surface area contributed by atoms with Crippen molar-refractivity contribution < 1.29 is 13.2 Å². The second-order valence-corrected chi connectivity index (χ2v) is 10.7. The Morgan fingerprint density at radius 1 is 1.03 bits per heavy atom. The van der Waals surface area contributed by atoms with Gasteiger partial charge in [-0.1, -0.05) is 57.6 Å². The molecule has 0 saturated carbocycles. The van der Waals surface area contributed by atoms with E-state index in [1.54, 1.807) is 17.0 Å². The quantitative estimate of drug-likeness (QED) is 0.372. The van der Waals surface area contributed by atoms with Crippen molar-refractivity contribution in [1.82, 2.24) is 4.98 Å². The van der Waals surface area contributed by atoms with Crippen molar-refractivity contribution in [3.63, 3.8) is 0 Å². The van der Waals surface area contributed by atoms with Crippen LogP contribution in [0.2, 0.25) is 0 Å². The highest BCUT2D eigenvalue weighted by Gasteiger charge is 2.22. The van der Waals surface area contributed by atoms with Gasteiger partial charge in [0.1, 0.15) is 0 Å². The molecule has 0 saturated heterocycles. The third-order valence-corrected chi connectivity index (χ3v) is 7.19. The van der Waals surface area contributed by atoms with Gasteiger partial charge in [0, 0.05) is 16.3 Å². The van der Waals surface area contributed by atoms with Crippen LogP contribution in [0.5, 0.6) is 0 Å². The number of hydrogen-bond donors (Lipinski definition) is 0. The minimum atomic E-state index is -3.33. The number of fused-ring (bicyclic) bond motifs is 1. The Bertz CT molecular complexity index is 1320. The summed E-state index contributed by atoms with van der Waals surface area (Å²) < 4.78 is 25.4. The lowest BCUT2D eigenvalue weighted by molar-refractivity contribution is 0.0985. The maximum Gasteiger partial charge on any atom is 0.260 e. The van der Waals surface area contributed by atoms with Crippen LogP contribution in [0.15, 0.2) is 82.2 Å². The summed E-state index contributed by atoms with van der Waals surface area (Å²) in [5.74, 6) is -0.239. The van der Waals surface area contributed by atoms with E-state index >= 15 is 0 Å². The number of halogens is 1. The fourth-order valence-corrected chi connectivity index (χ4v) is 5.14. The number of amides is 1. The first-order valence-corrected chi connectivity index (χ1v) is 12.5. The first-order chi connectivity index (χ1) is 14.3. The molecule has 30 heavy (non-hydrogen) atoms. The van der Waals surface area contributed by atoms with Crippen molar-refractivity contribution in [2.75, 3.05) is 11.2 Å². The summed E-state index contributed by atoms with van der Waals surface area (Å²) in [6.07, 6.45) is 1.14. The molecule has 1 heterocycles. The fraction of sp³-hybridized carbons (Fsp3) is 0.0909. The standard InChI is InChI=1S/C22H17BrN2O3S2/c1-30(27,28)18-10-7-16(8-11-18)21(26)25(14-15-5-3-2-4-6-15)22-24-19-12-9-17(23)13-20(19)29-22/h2-13H,14H2,1H3. The summed E-state index contributed by atoms with van der Waals surface area (Å²) in [5, 5.41) is 0.587. The number of hydrogen-bond acceptors (Lipinski definition) is 5. The van der Waals surface area contributed by atoms with E-state index in [0.29, 0.717) is 17.2 Å². The molecule has 0 aliphatic rings. The predicted molar refractivity (Wildman–Crippen MR) is 124 cm³/mol. The summed E-state index contributed by atoms with van der Waals surface area (Å²) in [4.78, 5) is 19.9. The zero-order valence-electron chi connectivity index (χ0n) is 15.9. The van der Waals surface area contributed by atoms with Crippen LogP contribution >= 0.6 is 27.3 Å². The number of carbonyl (C=O) groups excluding carboxylic acids is 1. The summed E-state index contributed by atoms with van der Waals surface area (Å²) in [6.45, 7) is 0.356. The molecule has 0 atom stereocenters. The van der Waals surface area contributed by atoms with Crippen LogP contribution in [-0.4, -0.2) is 25.6 Å². The first kappa shape index (κ1) is 20.7. The topological polar surface area (TPSA) is 67.3 Å². The van der Waals surface area contributed by atoms with Crippen LogP contribution in [0, 0.1) is 0 Å². The molecule has 1 amide bonds. The minimum absolute atomic E-state index is 0.179. The molecule has 1 aromatic heterocycles. The average molecular weight is 501 g/mol. The molecule has 5 nitrogen and oxygen atoms in total. The van der Waals surface area contributed by atoms with Gasteiger partial charge in [0.25, 0.3) is 5.91 Å².